The van der Waals surface area contributed by atoms with Crippen molar-refractivity contribution in [2.75, 3.05) is 13.2 Å². The zero-order valence-corrected chi connectivity index (χ0v) is 19.9. The summed E-state index contributed by atoms with van der Waals surface area (Å²) in [5, 5.41) is 7.57. The lowest BCUT2D eigenvalue weighted by atomic mass is 10.0. The topological polar surface area (TPSA) is 46.5 Å². The SMILES string of the molecule is CCCCCCCCCCCCCCCCCCOc1ccc(C=O)cc1.CCO. The molecule has 1 rings (SSSR count). The predicted molar refractivity (Wildman–Crippen MR) is 130 cm³/mol. The fourth-order valence-electron chi connectivity index (χ4n) is 3.48. The van der Waals surface area contributed by atoms with Gasteiger partial charge in [0, 0.05) is 12.2 Å². The quantitative estimate of drug-likeness (QED) is 0.181. The molecule has 0 aliphatic rings. The molecule has 0 unspecified atom stereocenters. The second-order valence-corrected chi connectivity index (χ2v) is 8.15. The van der Waals surface area contributed by atoms with E-state index in [4.69, 9.17) is 9.84 Å². The van der Waals surface area contributed by atoms with Crippen LogP contribution in [0.3, 0.4) is 0 Å². The number of ether oxygens (including phenoxy) is 1. The molecule has 0 bridgehead atoms. The van der Waals surface area contributed by atoms with Crippen LogP contribution in [0, 0.1) is 0 Å². The van der Waals surface area contributed by atoms with E-state index in [2.05, 4.69) is 6.92 Å². The first kappa shape index (κ1) is 28.6. The van der Waals surface area contributed by atoms with Crippen molar-refractivity contribution in [2.45, 2.75) is 117 Å². The third-order valence-corrected chi connectivity index (χ3v) is 5.28. The molecule has 1 aromatic rings. The first-order chi connectivity index (χ1) is 14.8. The van der Waals surface area contributed by atoms with Crippen LogP contribution in [0.25, 0.3) is 0 Å². The molecule has 0 saturated heterocycles. The minimum atomic E-state index is 0.250. The van der Waals surface area contributed by atoms with Gasteiger partial charge in [-0.05, 0) is 37.6 Å². The van der Waals surface area contributed by atoms with Gasteiger partial charge in [0.15, 0.2) is 0 Å². The first-order valence-electron chi connectivity index (χ1n) is 12.6. The molecule has 174 valence electrons. The third-order valence-electron chi connectivity index (χ3n) is 5.28. The van der Waals surface area contributed by atoms with Crippen LogP contribution >= 0.6 is 0 Å². The van der Waals surface area contributed by atoms with Crippen molar-refractivity contribution in [2.24, 2.45) is 0 Å². The summed E-state index contributed by atoms with van der Waals surface area (Å²) < 4.78 is 5.71. The molecule has 1 N–H and O–H groups in total. The zero-order valence-electron chi connectivity index (χ0n) is 19.9. The van der Waals surface area contributed by atoms with Gasteiger partial charge in [0.05, 0.1) is 6.61 Å². The van der Waals surface area contributed by atoms with Gasteiger partial charge in [-0.15, -0.1) is 0 Å². The molecule has 3 heteroatoms. The van der Waals surface area contributed by atoms with E-state index < -0.39 is 0 Å². The molecule has 0 atom stereocenters. The lowest BCUT2D eigenvalue weighted by Gasteiger charge is -2.06. The Bertz CT molecular complexity index is 456. The Balaban J connectivity index is 0.00000263. The second kappa shape index (κ2) is 23.9. The van der Waals surface area contributed by atoms with Crippen molar-refractivity contribution in [1.29, 1.82) is 0 Å². The summed E-state index contributed by atoms with van der Waals surface area (Å²) in [5.74, 6) is 0.863. The van der Waals surface area contributed by atoms with Crippen molar-refractivity contribution in [3.05, 3.63) is 29.8 Å². The van der Waals surface area contributed by atoms with Crippen LogP contribution in [0.5, 0.6) is 5.75 Å². The molecule has 0 saturated carbocycles. The molecule has 3 nitrogen and oxygen atoms in total. The Morgan fingerprint density at radius 2 is 1.03 bits per heavy atom. The van der Waals surface area contributed by atoms with Gasteiger partial charge in [-0.3, -0.25) is 4.79 Å². The van der Waals surface area contributed by atoms with E-state index in [0.717, 1.165) is 25.1 Å². The Kier molecular flexibility index (Phi) is 22.8. The predicted octanol–water partition coefficient (Wildman–Crippen LogP) is 8.14. The molecule has 30 heavy (non-hydrogen) atoms. The van der Waals surface area contributed by atoms with Crippen molar-refractivity contribution in [1.82, 2.24) is 0 Å². The number of carbonyl (C=O) groups is 1. The van der Waals surface area contributed by atoms with Crippen LogP contribution in [0.15, 0.2) is 24.3 Å². The Labute approximate surface area is 186 Å². The molecule has 0 heterocycles. The average molecular weight is 421 g/mol. The van der Waals surface area contributed by atoms with E-state index in [1.54, 1.807) is 19.1 Å². The summed E-state index contributed by atoms with van der Waals surface area (Å²) in [5.41, 5.74) is 0.699. The second-order valence-electron chi connectivity index (χ2n) is 8.15. The lowest BCUT2D eigenvalue weighted by molar-refractivity contribution is 0.112. The van der Waals surface area contributed by atoms with Gasteiger partial charge in [-0.25, -0.2) is 0 Å². The monoisotopic (exact) mass is 420 g/mol. The van der Waals surface area contributed by atoms with E-state index in [1.165, 1.54) is 96.3 Å². The molecular weight excluding hydrogens is 372 g/mol. The number of hydrogen-bond acceptors (Lipinski definition) is 3. The van der Waals surface area contributed by atoms with E-state index in [1.807, 2.05) is 12.1 Å². The maximum atomic E-state index is 10.6. The molecule has 0 fully saturated rings. The van der Waals surface area contributed by atoms with Crippen molar-refractivity contribution in [3.8, 4) is 5.75 Å². The van der Waals surface area contributed by atoms with Gasteiger partial charge >= 0.3 is 0 Å². The smallest absolute Gasteiger partial charge is 0.150 e. The zero-order chi connectivity index (χ0) is 22.1. The van der Waals surface area contributed by atoms with E-state index in [-0.39, 0.29) is 6.61 Å². The van der Waals surface area contributed by atoms with Crippen molar-refractivity contribution >= 4 is 6.29 Å². The average Bonchev–Trinajstić information content (AvgIpc) is 2.77. The number of hydrogen-bond donors (Lipinski definition) is 1. The number of benzene rings is 1. The standard InChI is InChI=1S/C25H42O2.C2H6O/c1-2-3-4-5-6-7-8-9-10-11-12-13-14-15-16-17-22-27-25-20-18-24(23-26)19-21-25;1-2-3/h18-21,23H,2-17,22H2,1H3;3H,2H2,1H3. The van der Waals surface area contributed by atoms with Crippen molar-refractivity contribution in [3.63, 3.8) is 0 Å². The highest BCUT2D eigenvalue weighted by Crippen LogP contribution is 2.15. The molecular formula is C27H48O3. The number of aldehydes is 1. The van der Waals surface area contributed by atoms with E-state index in [9.17, 15) is 4.79 Å². The van der Waals surface area contributed by atoms with Crippen LogP contribution in [-0.4, -0.2) is 24.6 Å². The molecule has 0 aliphatic carbocycles. The largest absolute Gasteiger partial charge is 0.494 e. The Hall–Kier alpha value is -1.35. The van der Waals surface area contributed by atoms with Gasteiger partial charge in [0.25, 0.3) is 0 Å². The molecule has 0 amide bonds. The normalized spacial score (nSPS) is 10.4. The van der Waals surface area contributed by atoms with Gasteiger partial charge in [-0.1, -0.05) is 103 Å². The lowest BCUT2D eigenvalue weighted by Crippen LogP contribution is -1.97. The molecule has 0 spiro atoms. The number of aliphatic hydroxyl groups excluding tert-OH is 1. The van der Waals surface area contributed by atoms with Gasteiger partial charge in [0.1, 0.15) is 12.0 Å². The Morgan fingerprint density at radius 3 is 1.40 bits per heavy atom. The summed E-state index contributed by atoms with van der Waals surface area (Å²) in [6, 6.07) is 7.35. The fourth-order valence-corrected chi connectivity index (χ4v) is 3.48. The summed E-state index contributed by atoms with van der Waals surface area (Å²) in [6.45, 7) is 4.99. The summed E-state index contributed by atoms with van der Waals surface area (Å²) in [4.78, 5) is 10.6. The number of carbonyl (C=O) groups excluding carboxylic acids is 1. The summed E-state index contributed by atoms with van der Waals surface area (Å²) in [6.07, 6.45) is 23.1. The fraction of sp³-hybridized carbons (Fsp3) is 0.741. The highest BCUT2D eigenvalue weighted by Gasteiger charge is 1.96. The minimum Gasteiger partial charge on any atom is -0.494 e. The van der Waals surface area contributed by atoms with E-state index in [0.29, 0.717) is 5.56 Å². The highest BCUT2D eigenvalue weighted by molar-refractivity contribution is 5.74. The number of aliphatic hydroxyl groups is 1. The van der Waals surface area contributed by atoms with Crippen LogP contribution in [-0.2, 0) is 0 Å². The molecule has 0 aliphatic heterocycles. The number of rotatable bonds is 19. The molecule has 0 aromatic heterocycles. The summed E-state index contributed by atoms with van der Waals surface area (Å²) >= 11 is 0. The van der Waals surface area contributed by atoms with Crippen LogP contribution in [0.1, 0.15) is 127 Å². The van der Waals surface area contributed by atoms with Gasteiger partial charge < -0.3 is 9.84 Å². The highest BCUT2D eigenvalue weighted by atomic mass is 16.5. The maximum absolute atomic E-state index is 10.6. The summed E-state index contributed by atoms with van der Waals surface area (Å²) in [7, 11) is 0. The Morgan fingerprint density at radius 1 is 0.667 bits per heavy atom. The molecule has 0 radical (unpaired) electrons. The number of unbranched alkanes of at least 4 members (excludes halogenated alkanes) is 15. The van der Waals surface area contributed by atoms with Crippen LogP contribution < -0.4 is 4.74 Å². The third kappa shape index (κ3) is 19.9. The van der Waals surface area contributed by atoms with Gasteiger partial charge in [-0.2, -0.15) is 0 Å². The first-order valence-corrected chi connectivity index (χ1v) is 12.6. The van der Waals surface area contributed by atoms with Crippen LogP contribution in [0.4, 0.5) is 0 Å². The maximum Gasteiger partial charge on any atom is 0.150 e. The van der Waals surface area contributed by atoms with Gasteiger partial charge in [0.2, 0.25) is 0 Å². The minimum absolute atomic E-state index is 0.250. The van der Waals surface area contributed by atoms with E-state index >= 15 is 0 Å². The molecule has 1 aromatic carbocycles. The van der Waals surface area contributed by atoms with Crippen LogP contribution in [0.2, 0.25) is 0 Å². The van der Waals surface area contributed by atoms with Crippen molar-refractivity contribution < 1.29 is 14.6 Å².